The van der Waals surface area contributed by atoms with Gasteiger partial charge in [0.25, 0.3) is 15.9 Å². The molecule has 0 saturated heterocycles. The summed E-state index contributed by atoms with van der Waals surface area (Å²) in [7, 11) is -4.16. The summed E-state index contributed by atoms with van der Waals surface area (Å²) in [5.41, 5.74) is -0.0766. The second kappa shape index (κ2) is 5.92. The third-order valence-electron chi connectivity index (χ3n) is 3.77. The van der Waals surface area contributed by atoms with Crippen molar-refractivity contribution >= 4 is 27.5 Å². The topological polar surface area (TPSA) is 83.6 Å². The number of fused-ring (bicyclic) bond motifs is 1. The number of hydrogen-bond donors (Lipinski definition) is 1. The monoisotopic (exact) mass is 366 g/mol. The SMILES string of the molecule is C[C@@H](C(=O)Nc1ccc(F)c(F)c1)N1C(=O)c2ccccc2S1(=O)=O. The number of carbonyl (C=O) groups excluding carboxylic acids is 2. The van der Waals surface area contributed by atoms with E-state index in [0.717, 1.165) is 18.2 Å². The van der Waals surface area contributed by atoms with Gasteiger partial charge in [-0.05, 0) is 31.2 Å². The molecule has 1 heterocycles. The first-order valence-electron chi connectivity index (χ1n) is 7.17. The van der Waals surface area contributed by atoms with Crippen molar-refractivity contribution in [1.29, 1.82) is 0 Å². The summed E-state index contributed by atoms with van der Waals surface area (Å²) in [6, 6.07) is 6.95. The van der Waals surface area contributed by atoms with Gasteiger partial charge in [-0.15, -0.1) is 0 Å². The number of nitrogens with one attached hydrogen (secondary N) is 1. The molecule has 2 aromatic carbocycles. The van der Waals surface area contributed by atoms with Crippen molar-refractivity contribution in [2.45, 2.75) is 17.9 Å². The van der Waals surface area contributed by atoms with E-state index in [9.17, 15) is 26.8 Å². The summed E-state index contributed by atoms with van der Waals surface area (Å²) in [6.45, 7) is 1.23. The molecule has 25 heavy (non-hydrogen) atoms. The van der Waals surface area contributed by atoms with Gasteiger partial charge in [-0.2, -0.15) is 0 Å². The third kappa shape index (κ3) is 2.76. The van der Waals surface area contributed by atoms with E-state index in [0.29, 0.717) is 4.31 Å². The van der Waals surface area contributed by atoms with Crippen molar-refractivity contribution in [2.75, 3.05) is 5.32 Å². The van der Waals surface area contributed by atoms with Gasteiger partial charge in [-0.3, -0.25) is 9.59 Å². The number of hydrogen-bond acceptors (Lipinski definition) is 4. The summed E-state index contributed by atoms with van der Waals surface area (Å²) in [5.74, 6) is -3.92. The van der Waals surface area contributed by atoms with Gasteiger partial charge in [0.15, 0.2) is 11.6 Å². The van der Waals surface area contributed by atoms with Gasteiger partial charge in [-0.1, -0.05) is 12.1 Å². The van der Waals surface area contributed by atoms with Crippen LogP contribution >= 0.6 is 0 Å². The molecular weight excluding hydrogens is 354 g/mol. The van der Waals surface area contributed by atoms with Gasteiger partial charge in [0.2, 0.25) is 5.91 Å². The molecule has 1 aliphatic heterocycles. The lowest BCUT2D eigenvalue weighted by atomic mass is 10.2. The number of rotatable bonds is 3. The smallest absolute Gasteiger partial charge is 0.269 e. The fraction of sp³-hybridized carbons (Fsp3) is 0.125. The summed E-state index contributed by atoms with van der Waals surface area (Å²) in [4.78, 5) is 24.5. The van der Waals surface area contributed by atoms with Crippen molar-refractivity contribution in [1.82, 2.24) is 4.31 Å². The van der Waals surface area contributed by atoms with Crippen molar-refractivity contribution < 1.29 is 26.8 Å². The van der Waals surface area contributed by atoms with Gasteiger partial charge in [0.1, 0.15) is 10.9 Å². The fourth-order valence-corrected chi connectivity index (χ4v) is 4.24. The maximum absolute atomic E-state index is 13.2. The summed E-state index contributed by atoms with van der Waals surface area (Å²) < 4.78 is 51.6. The lowest BCUT2D eigenvalue weighted by Gasteiger charge is -2.22. The van der Waals surface area contributed by atoms with E-state index in [-0.39, 0.29) is 16.1 Å². The first kappa shape index (κ1) is 17.0. The zero-order valence-electron chi connectivity index (χ0n) is 12.9. The number of anilines is 1. The molecule has 0 bridgehead atoms. The highest BCUT2D eigenvalue weighted by Crippen LogP contribution is 2.31. The van der Waals surface area contributed by atoms with Crippen LogP contribution in [0.25, 0.3) is 0 Å². The Balaban J connectivity index is 1.88. The molecule has 0 spiro atoms. The molecule has 6 nitrogen and oxygen atoms in total. The van der Waals surface area contributed by atoms with Gasteiger partial charge in [0.05, 0.1) is 5.56 Å². The van der Waals surface area contributed by atoms with Crippen LogP contribution in [-0.4, -0.2) is 30.6 Å². The van der Waals surface area contributed by atoms with E-state index in [1.165, 1.54) is 31.2 Å². The van der Waals surface area contributed by atoms with E-state index in [1.807, 2.05) is 0 Å². The van der Waals surface area contributed by atoms with Crippen molar-refractivity contribution in [3.05, 3.63) is 59.7 Å². The molecule has 0 radical (unpaired) electrons. The predicted molar refractivity (Wildman–Crippen MR) is 84.2 cm³/mol. The number of sulfonamides is 1. The maximum Gasteiger partial charge on any atom is 0.269 e. The lowest BCUT2D eigenvalue weighted by molar-refractivity contribution is -0.118. The summed E-state index contributed by atoms with van der Waals surface area (Å²) in [5, 5.41) is 2.27. The number of halogens is 2. The van der Waals surface area contributed by atoms with E-state index in [1.54, 1.807) is 0 Å². The van der Waals surface area contributed by atoms with Gasteiger partial charge in [-0.25, -0.2) is 21.5 Å². The van der Waals surface area contributed by atoms with Crippen LogP contribution in [-0.2, 0) is 14.8 Å². The molecule has 2 amide bonds. The van der Waals surface area contributed by atoms with Crippen LogP contribution in [0.5, 0.6) is 0 Å². The first-order valence-corrected chi connectivity index (χ1v) is 8.61. The molecule has 130 valence electrons. The van der Waals surface area contributed by atoms with Gasteiger partial charge < -0.3 is 5.32 Å². The van der Waals surface area contributed by atoms with Crippen molar-refractivity contribution in [3.8, 4) is 0 Å². The predicted octanol–water partition coefficient (Wildman–Crippen LogP) is 2.14. The molecule has 9 heteroatoms. The van der Waals surface area contributed by atoms with Gasteiger partial charge in [0, 0.05) is 11.8 Å². The van der Waals surface area contributed by atoms with Crippen LogP contribution < -0.4 is 5.32 Å². The number of carbonyl (C=O) groups is 2. The van der Waals surface area contributed by atoms with Crippen LogP contribution in [0.1, 0.15) is 17.3 Å². The molecule has 1 N–H and O–H groups in total. The number of amides is 2. The number of nitrogens with zero attached hydrogens (tertiary/aromatic N) is 1. The van der Waals surface area contributed by atoms with Crippen LogP contribution in [0.15, 0.2) is 47.4 Å². The van der Waals surface area contributed by atoms with Crippen molar-refractivity contribution in [3.63, 3.8) is 0 Å². The van der Waals surface area contributed by atoms with Crippen molar-refractivity contribution in [2.24, 2.45) is 0 Å². The molecule has 0 fully saturated rings. The Kier molecular flexibility index (Phi) is 4.03. The Labute approximate surface area is 142 Å². The standard InChI is InChI=1S/C16H12F2N2O4S/c1-9(15(21)19-10-6-7-12(17)13(18)8-10)20-16(22)11-4-2-3-5-14(11)25(20,23)24/h2-9H,1H3,(H,19,21)/t9-/m0/s1. The summed E-state index contributed by atoms with van der Waals surface area (Å²) in [6.07, 6.45) is 0. The normalized spacial score (nSPS) is 16.4. The van der Waals surface area contributed by atoms with Gasteiger partial charge >= 0.3 is 0 Å². The molecule has 0 aliphatic carbocycles. The second-order valence-electron chi connectivity index (χ2n) is 5.40. The highest BCUT2D eigenvalue weighted by atomic mass is 32.2. The highest BCUT2D eigenvalue weighted by Gasteiger charge is 2.45. The van der Waals surface area contributed by atoms with E-state index in [2.05, 4.69) is 5.32 Å². The van der Waals surface area contributed by atoms with E-state index in [4.69, 9.17) is 0 Å². The third-order valence-corrected chi connectivity index (χ3v) is 5.68. The first-order chi connectivity index (χ1) is 11.7. The van der Waals surface area contributed by atoms with Crippen LogP contribution in [0.4, 0.5) is 14.5 Å². The average molecular weight is 366 g/mol. The second-order valence-corrected chi connectivity index (χ2v) is 7.18. The number of benzene rings is 2. The van der Waals surface area contributed by atoms with E-state index < -0.39 is 39.5 Å². The molecule has 1 aliphatic rings. The average Bonchev–Trinajstić information content (AvgIpc) is 2.77. The Morgan fingerprint density at radius 2 is 1.80 bits per heavy atom. The Bertz CT molecular complexity index is 991. The lowest BCUT2D eigenvalue weighted by Crippen LogP contribution is -2.45. The minimum absolute atomic E-state index is 0.0185. The molecule has 3 rings (SSSR count). The largest absolute Gasteiger partial charge is 0.324 e. The molecule has 0 aromatic heterocycles. The zero-order valence-corrected chi connectivity index (χ0v) is 13.7. The van der Waals surface area contributed by atoms with Crippen LogP contribution in [0.3, 0.4) is 0 Å². The fourth-order valence-electron chi connectivity index (χ4n) is 2.51. The minimum Gasteiger partial charge on any atom is -0.324 e. The highest BCUT2D eigenvalue weighted by molar-refractivity contribution is 7.90. The Morgan fingerprint density at radius 3 is 2.44 bits per heavy atom. The molecule has 1 atom stereocenters. The Morgan fingerprint density at radius 1 is 1.12 bits per heavy atom. The molecular formula is C16H12F2N2O4S. The molecule has 0 unspecified atom stereocenters. The Hall–Kier alpha value is -2.81. The molecule has 0 saturated carbocycles. The van der Waals surface area contributed by atoms with E-state index >= 15 is 0 Å². The maximum atomic E-state index is 13.2. The van der Waals surface area contributed by atoms with Crippen LogP contribution in [0.2, 0.25) is 0 Å². The quantitative estimate of drug-likeness (QED) is 0.902. The molecule has 2 aromatic rings. The zero-order chi connectivity index (χ0) is 18.4. The van der Waals surface area contributed by atoms with Crippen LogP contribution in [0, 0.1) is 11.6 Å². The summed E-state index contributed by atoms with van der Waals surface area (Å²) >= 11 is 0. The minimum atomic E-state index is -4.16.